The van der Waals surface area contributed by atoms with Crippen LogP contribution in [-0.2, 0) is 9.53 Å². The van der Waals surface area contributed by atoms with Crippen molar-refractivity contribution in [3.63, 3.8) is 0 Å². The van der Waals surface area contributed by atoms with E-state index < -0.39 is 5.60 Å². The molecule has 20 heavy (non-hydrogen) atoms. The van der Waals surface area contributed by atoms with Gasteiger partial charge in [-0.25, -0.2) is 0 Å². The molecule has 1 amide bonds. The van der Waals surface area contributed by atoms with Crippen LogP contribution in [0.15, 0.2) is 0 Å². The van der Waals surface area contributed by atoms with E-state index in [1.165, 1.54) is 38.5 Å². The average Bonchev–Trinajstić information content (AvgIpc) is 2.47. The molecule has 4 nitrogen and oxygen atoms in total. The number of carbonyl (C=O) groups is 1. The summed E-state index contributed by atoms with van der Waals surface area (Å²) in [6.07, 6.45) is 10.8. The molecule has 0 radical (unpaired) electrons. The first-order valence-electron chi connectivity index (χ1n) is 8.25. The van der Waals surface area contributed by atoms with Gasteiger partial charge in [-0.3, -0.25) is 4.79 Å². The van der Waals surface area contributed by atoms with Crippen molar-refractivity contribution in [1.29, 1.82) is 0 Å². The van der Waals surface area contributed by atoms with Crippen LogP contribution in [-0.4, -0.2) is 36.4 Å². The first-order valence-corrected chi connectivity index (χ1v) is 8.25. The predicted molar refractivity (Wildman–Crippen MR) is 78.4 cm³/mol. The van der Waals surface area contributed by atoms with E-state index in [1.807, 2.05) is 0 Å². The van der Waals surface area contributed by atoms with E-state index >= 15 is 0 Å². The minimum absolute atomic E-state index is 0.0840. The predicted octanol–water partition coefficient (Wildman–Crippen LogP) is 2.39. The molecule has 0 aromatic heterocycles. The van der Waals surface area contributed by atoms with Crippen LogP contribution in [0.1, 0.15) is 64.2 Å². The summed E-state index contributed by atoms with van der Waals surface area (Å²) in [6, 6.07) is 0. The fourth-order valence-electron chi connectivity index (χ4n) is 3.31. The molecule has 116 valence electrons. The fraction of sp³-hybridized carbons (Fsp3) is 0.938. The molecule has 1 aliphatic heterocycles. The van der Waals surface area contributed by atoms with Gasteiger partial charge in [-0.2, -0.15) is 0 Å². The van der Waals surface area contributed by atoms with Gasteiger partial charge in [0.2, 0.25) is 5.91 Å². The maximum atomic E-state index is 11.8. The van der Waals surface area contributed by atoms with Crippen LogP contribution in [0.4, 0.5) is 0 Å². The first-order chi connectivity index (χ1) is 9.68. The first kappa shape index (κ1) is 15.8. The van der Waals surface area contributed by atoms with Gasteiger partial charge in [0.05, 0.1) is 5.60 Å². The van der Waals surface area contributed by atoms with E-state index in [-0.39, 0.29) is 5.91 Å². The Balaban J connectivity index is 1.55. The van der Waals surface area contributed by atoms with Gasteiger partial charge >= 0.3 is 0 Å². The highest BCUT2D eigenvalue weighted by Crippen LogP contribution is 2.27. The second-order valence-corrected chi connectivity index (χ2v) is 6.51. The molecule has 2 rings (SSSR count). The van der Waals surface area contributed by atoms with Gasteiger partial charge < -0.3 is 15.2 Å². The topological polar surface area (TPSA) is 58.6 Å². The normalized spacial score (nSPS) is 23.4. The summed E-state index contributed by atoms with van der Waals surface area (Å²) >= 11 is 0. The highest BCUT2D eigenvalue weighted by Gasteiger charge is 2.29. The standard InChI is InChI=1S/C16H29NO3/c18-15(8-4-7-14-5-2-1-3-6-14)17-13-16(19)9-11-20-12-10-16/h14,19H,1-13H2,(H,17,18). The Labute approximate surface area is 122 Å². The monoisotopic (exact) mass is 283 g/mol. The van der Waals surface area contributed by atoms with Crippen molar-refractivity contribution in [3.8, 4) is 0 Å². The summed E-state index contributed by atoms with van der Waals surface area (Å²) in [6.45, 7) is 1.56. The van der Waals surface area contributed by atoms with Gasteiger partial charge in [-0.15, -0.1) is 0 Å². The molecule has 4 heteroatoms. The van der Waals surface area contributed by atoms with Gasteiger partial charge in [-0.05, 0) is 18.8 Å². The van der Waals surface area contributed by atoms with Gasteiger partial charge in [0.25, 0.3) is 0 Å². The Morgan fingerprint density at radius 2 is 1.90 bits per heavy atom. The van der Waals surface area contributed by atoms with Gasteiger partial charge in [0.1, 0.15) is 0 Å². The maximum absolute atomic E-state index is 11.8. The molecule has 1 saturated carbocycles. The number of rotatable bonds is 6. The van der Waals surface area contributed by atoms with E-state index in [0.29, 0.717) is 39.0 Å². The summed E-state index contributed by atoms with van der Waals surface area (Å²) < 4.78 is 5.23. The molecular weight excluding hydrogens is 254 g/mol. The summed E-state index contributed by atoms with van der Waals surface area (Å²) in [5.74, 6) is 0.928. The zero-order valence-electron chi connectivity index (χ0n) is 12.5. The zero-order chi connectivity index (χ0) is 14.3. The zero-order valence-corrected chi connectivity index (χ0v) is 12.5. The molecular formula is C16H29NO3. The van der Waals surface area contributed by atoms with Crippen molar-refractivity contribution in [1.82, 2.24) is 5.32 Å². The molecule has 0 unspecified atom stereocenters. The molecule has 0 spiro atoms. The SMILES string of the molecule is O=C(CCCC1CCCCC1)NCC1(O)CCOCC1. The van der Waals surface area contributed by atoms with Crippen molar-refractivity contribution in [2.75, 3.05) is 19.8 Å². The van der Waals surface area contributed by atoms with Crippen LogP contribution in [0.3, 0.4) is 0 Å². The lowest BCUT2D eigenvalue weighted by Gasteiger charge is -2.32. The second kappa shape index (κ2) is 7.99. The van der Waals surface area contributed by atoms with Gasteiger partial charge in [0, 0.05) is 39.0 Å². The second-order valence-electron chi connectivity index (χ2n) is 6.51. The lowest BCUT2D eigenvalue weighted by molar-refractivity contribution is -0.124. The number of hydrogen-bond acceptors (Lipinski definition) is 3. The Hall–Kier alpha value is -0.610. The highest BCUT2D eigenvalue weighted by molar-refractivity contribution is 5.75. The third-order valence-corrected chi connectivity index (χ3v) is 4.78. The summed E-state index contributed by atoms with van der Waals surface area (Å²) in [5.41, 5.74) is -0.753. The number of hydrogen-bond donors (Lipinski definition) is 2. The van der Waals surface area contributed by atoms with Crippen LogP contribution in [0.2, 0.25) is 0 Å². The van der Waals surface area contributed by atoms with Gasteiger partial charge in [-0.1, -0.05) is 32.1 Å². The molecule has 2 N–H and O–H groups in total. The molecule has 0 aromatic carbocycles. The van der Waals surface area contributed by atoms with E-state index in [1.54, 1.807) is 0 Å². The maximum Gasteiger partial charge on any atom is 0.220 e. The van der Waals surface area contributed by atoms with Crippen molar-refractivity contribution in [2.24, 2.45) is 5.92 Å². The summed E-state index contributed by atoms with van der Waals surface area (Å²) in [5, 5.41) is 13.1. The minimum atomic E-state index is -0.753. The molecule has 2 aliphatic rings. The van der Waals surface area contributed by atoms with Crippen LogP contribution in [0.25, 0.3) is 0 Å². The van der Waals surface area contributed by atoms with Crippen LogP contribution >= 0.6 is 0 Å². The van der Waals surface area contributed by atoms with E-state index in [2.05, 4.69) is 5.32 Å². The minimum Gasteiger partial charge on any atom is -0.388 e. The Morgan fingerprint density at radius 1 is 1.20 bits per heavy atom. The van der Waals surface area contributed by atoms with Crippen molar-refractivity contribution in [3.05, 3.63) is 0 Å². The van der Waals surface area contributed by atoms with Crippen molar-refractivity contribution < 1.29 is 14.6 Å². The van der Waals surface area contributed by atoms with Crippen LogP contribution < -0.4 is 5.32 Å². The average molecular weight is 283 g/mol. The van der Waals surface area contributed by atoms with E-state index in [9.17, 15) is 9.90 Å². The number of aliphatic hydroxyl groups is 1. The molecule has 1 heterocycles. The Morgan fingerprint density at radius 3 is 2.60 bits per heavy atom. The fourth-order valence-corrected chi connectivity index (χ4v) is 3.31. The molecule has 2 fully saturated rings. The number of amides is 1. The van der Waals surface area contributed by atoms with E-state index in [0.717, 1.165) is 12.3 Å². The number of ether oxygens (including phenoxy) is 1. The molecule has 0 aromatic rings. The smallest absolute Gasteiger partial charge is 0.220 e. The Bertz CT molecular complexity index is 294. The summed E-state index contributed by atoms with van der Waals surface area (Å²) in [4.78, 5) is 11.8. The number of carbonyl (C=O) groups excluding carboxylic acids is 1. The Kier molecular flexibility index (Phi) is 6.30. The van der Waals surface area contributed by atoms with Gasteiger partial charge in [0.15, 0.2) is 0 Å². The number of nitrogens with one attached hydrogen (secondary N) is 1. The molecule has 0 bridgehead atoms. The lowest BCUT2D eigenvalue weighted by atomic mass is 9.86. The van der Waals surface area contributed by atoms with E-state index in [4.69, 9.17) is 4.74 Å². The lowest BCUT2D eigenvalue weighted by Crippen LogP contribution is -2.46. The highest BCUT2D eigenvalue weighted by atomic mass is 16.5. The molecule has 1 saturated heterocycles. The van der Waals surface area contributed by atoms with Crippen molar-refractivity contribution in [2.45, 2.75) is 69.8 Å². The summed E-state index contributed by atoms with van der Waals surface area (Å²) in [7, 11) is 0. The quantitative estimate of drug-likeness (QED) is 0.787. The third-order valence-electron chi connectivity index (χ3n) is 4.78. The molecule has 1 aliphatic carbocycles. The molecule has 0 atom stereocenters. The van der Waals surface area contributed by atoms with Crippen molar-refractivity contribution >= 4 is 5.91 Å². The largest absolute Gasteiger partial charge is 0.388 e. The third kappa shape index (κ3) is 5.41. The van der Waals surface area contributed by atoms with Crippen LogP contribution in [0.5, 0.6) is 0 Å². The van der Waals surface area contributed by atoms with Crippen LogP contribution in [0, 0.1) is 5.92 Å².